The lowest BCUT2D eigenvalue weighted by Crippen LogP contribution is -2.38. The average Bonchev–Trinajstić information content (AvgIpc) is 2.46. The molecule has 0 fully saturated rings. The van der Waals surface area contributed by atoms with Gasteiger partial charge in [-0.1, -0.05) is 25.1 Å². The van der Waals surface area contributed by atoms with E-state index < -0.39 is 12.5 Å². The predicted octanol–water partition coefficient (Wildman–Crippen LogP) is 3.62. The summed E-state index contributed by atoms with van der Waals surface area (Å²) >= 11 is 10.1. The monoisotopic (exact) mass is 361 g/mol. The van der Waals surface area contributed by atoms with Crippen LogP contribution in [0.3, 0.4) is 0 Å². The summed E-state index contributed by atoms with van der Waals surface area (Å²) in [7, 11) is 0. The quantitative estimate of drug-likeness (QED) is 0.421. The van der Waals surface area contributed by atoms with Crippen molar-refractivity contribution in [1.82, 2.24) is 5.09 Å². The van der Waals surface area contributed by atoms with Gasteiger partial charge in [-0.3, -0.25) is 4.79 Å². The summed E-state index contributed by atoms with van der Waals surface area (Å²) in [6.45, 7) is 7.35. The van der Waals surface area contributed by atoms with Gasteiger partial charge in [0.1, 0.15) is 11.8 Å². The summed E-state index contributed by atoms with van der Waals surface area (Å²) in [6, 6.07) is 8.86. The van der Waals surface area contributed by atoms with Gasteiger partial charge in [0.25, 0.3) is 0 Å². The third-order valence-electron chi connectivity index (χ3n) is 2.91. The summed E-state index contributed by atoms with van der Waals surface area (Å²) in [4.78, 5) is 12.0. The first kappa shape index (κ1) is 19.5. The normalized spacial score (nSPS) is 16.6. The molecule has 0 aliphatic carbocycles. The predicted molar refractivity (Wildman–Crippen MR) is 98.5 cm³/mol. The first-order valence-corrected chi connectivity index (χ1v) is 10.6. The molecule has 7 heteroatoms. The largest absolute Gasteiger partial charge is 0.462 e. The van der Waals surface area contributed by atoms with Gasteiger partial charge in [-0.25, -0.2) is 5.09 Å². The Morgan fingerprint density at radius 1 is 1.27 bits per heavy atom. The van der Waals surface area contributed by atoms with Crippen molar-refractivity contribution in [2.75, 3.05) is 5.75 Å². The summed E-state index contributed by atoms with van der Waals surface area (Å²) in [5, 5.41) is 3.18. The molecular formula is C15H24NO3PS2. The Balaban J connectivity index is 2.88. The molecule has 0 aliphatic heterocycles. The van der Waals surface area contributed by atoms with E-state index in [0.717, 1.165) is 0 Å². The molecule has 0 spiro atoms. The maximum Gasteiger partial charge on any atom is 0.323 e. The van der Waals surface area contributed by atoms with Gasteiger partial charge < -0.3 is 9.26 Å². The zero-order chi connectivity index (χ0) is 16.8. The van der Waals surface area contributed by atoms with Gasteiger partial charge in [0.05, 0.1) is 6.10 Å². The Morgan fingerprint density at radius 3 is 2.36 bits per heavy atom. The van der Waals surface area contributed by atoms with Crippen LogP contribution in [0.1, 0.15) is 27.7 Å². The van der Waals surface area contributed by atoms with E-state index >= 15 is 0 Å². The van der Waals surface area contributed by atoms with Crippen LogP contribution in [0, 0.1) is 0 Å². The lowest BCUT2D eigenvalue weighted by molar-refractivity contribution is -0.148. The summed E-state index contributed by atoms with van der Waals surface area (Å²) in [6.07, 6.45) is -2.64. The molecule has 4 nitrogen and oxygen atoms in total. The van der Waals surface area contributed by atoms with Gasteiger partial charge in [-0.05, 0) is 44.7 Å². The lowest BCUT2D eigenvalue weighted by atomic mass is 10.3. The number of rotatable bonds is 8. The van der Waals surface area contributed by atoms with Crippen LogP contribution in [0.15, 0.2) is 30.3 Å². The smallest absolute Gasteiger partial charge is 0.323 e. The van der Waals surface area contributed by atoms with Crippen LogP contribution < -0.4 is 9.61 Å². The number of esters is 1. The van der Waals surface area contributed by atoms with E-state index in [2.05, 4.69) is 17.7 Å². The van der Waals surface area contributed by atoms with E-state index in [4.69, 9.17) is 21.1 Å². The second-order valence-corrected chi connectivity index (χ2v) is 9.88. The molecule has 1 aromatic carbocycles. The topological polar surface area (TPSA) is 47.6 Å². The Bertz CT molecular complexity index is 525. The highest BCUT2D eigenvalue weighted by molar-refractivity contribution is 8.12. The average molecular weight is 361 g/mol. The number of carbonyl (C=O) groups is 1. The molecule has 0 heterocycles. The molecule has 2 unspecified atom stereocenters. The van der Waals surface area contributed by atoms with Gasteiger partial charge in [0.2, 0.25) is 0 Å². The SMILES string of the molecule is CC(C)OC(=O)[C@@H](C)NP(=S)(Oc1ccccc1)C(C)CS. The fraction of sp³-hybridized carbons (Fsp3) is 0.533. The van der Waals surface area contributed by atoms with Crippen LogP contribution in [0.2, 0.25) is 0 Å². The first-order chi connectivity index (χ1) is 10.3. The Kier molecular flexibility index (Phi) is 7.90. The van der Waals surface area contributed by atoms with Crippen molar-refractivity contribution in [1.29, 1.82) is 0 Å². The molecule has 22 heavy (non-hydrogen) atoms. The number of ether oxygens (including phenoxy) is 1. The molecular weight excluding hydrogens is 337 g/mol. The van der Waals surface area contributed by atoms with Crippen molar-refractivity contribution < 1.29 is 14.1 Å². The zero-order valence-electron chi connectivity index (χ0n) is 13.4. The summed E-state index contributed by atoms with van der Waals surface area (Å²) in [5.41, 5.74) is 0.0142. The van der Waals surface area contributed by atoms with Gasteiger partial charge in [-0.15, -0.1) is 0 Å². The Morgan fingerprint density at radius 2 is 1.86 bits per heavy atom. The van der Waals surface area contributed by atoms with E-state index in [-0.39, 0.29) is 17.7 Å². The van der Waals surface area contributed by atoms with Crippen LogP contribution in [0.25, 0.3) is 0 Å². The van der Waals surface area contributed by atoms with E-state index in [1.54, 1.807) is 6.92 Å². The van der Waals surface area contributed by atoms with E-state index in [0.29, 0.717) is 11.5 Å². The molecule has 0 bridgehead atoms. The highest BCUT2D eigenvalue weighted by atomic mass is 32.4. The van der Waals surface area contributed by atoms with Crippen LogP contribution in [-0.2, 0) is 21.3 Å². The summed E-state index contributed by atoms with van der Waals surface area (Å²) in [5.74, 6) is 0.937. The molecule has 0 aliphatic rings. The van der Waals surface area contributed by atoms with Crippen molar-refractivity contribution in [3.8, 4) is 5.75 Å². The number of hydrogen-bond donors (Lipinski definition) is 2. The van der Waals surface area contributed by atoms with Crippen molar-refractivity contribution in [2.24, 2.45) is 0 Å². The molecule has 0 aromatic heterocycles. The van der Waals surface area contributed by atoms with Crippen LogP contribution in [0.5, 0.6) is 5.75 Å². The van der Waals surface area contributed by atoms with Crippen LogP contribution >= 0.6 is 19.0 Å². The van der Waals surface area contributed by atoms with Crippen LogP contribution in [0.4, 0.5) is 0 Å². The molecule has 1 aromatic rings. The van der Waals surface area contributed by atoms with Crippen molar-refractivity contribution in [2.45, 2.75) is 45.5 Å². The maximum absolute atomic E-state index is 12.0. The number of benzene rings is 1. The number of para-hydroxylation sites is 1. The molecule has 1 N–H and O–H groups in total. The molecule has 124 valence electrons. The van der Waals surface area contributed by atoms with Crippen molar-refractivity contribution in [3.63, 3.8) is 0 Å². The van der Waals surface area contributed by atoms with E-state index in [9.17, 15) is 4.79 Å². The number of carbonyl (C=O) groups excluding carboxylic acids is 1. The second kappa shape index (κ2) is 8.92. The molecule has 3 atom stereocenters. The van der Waals surface area contributed by atoms with Gasteiger partial charge in [-0.2, -0.15) is 12.6 Å². The van der Waals surface area contributed by atoms with Gasteiger partial charge in [0.15, 0.2) is 6.42 Å². The maximum atomic E-state index is 12.0. The molecule has 1 rings (SSSR count). The number of hydrogen-bond acceptors (Lipinski definition) is 5. The minimum atomic E-state index is -2.48. The molecule has 0 radical (unpaired) electrons. The summed E-state index contributed by atoms with van der Waals surface area (Å²) < 4.78 is 11.3. The van der Waals surface area contributed by atoms with E-state index in [1.807, 2.05) is 51.1 Å². The standard InChI is InChI=1S/C15H24NO3PS2/c1-11(2)18-15(17)13(4)16-20(22,12(3)10-21)19-14-8-6-5-7-9-14/h5-9,11-13,21H,10H2,1-4H3,(H,16,22)/t12?,13-,20?/m1/s1. The zero-order valence-corrected chi connectivity index (χ0v) is 16.0. The van der Waals surface area contributed by atoms with Crippen LogP contribution in [-0.4, -0.2) is 29.5 Å². The van der Waals surface area contributed by atoms with Gasteiger partial charge in [0, 0.05) is 11.4 Å². The second-order valence-electron chi connectivity index (χ2n) is 5.37. The minimum absolute atomic E-state index is 0.0142. The third-order valence-corrected chi connectivity index (χ3v) is 7.94. The fourth-order valence-corrected chi connectivity index (χ4v) is 5.41. The van der Waals surface area contributed by atoms with Crippen molar-refractivity contribution in [3.05, 3.63) is 30.3 Å². The first-order valence-electron chi connectivity index (χ1n) is 7.22. The number of nitrogens with one attached hydrogen (secondary N) is 1. The number of thiol groups is 1. The van der Waals surface area contributed by atoms with Crippen molar-refractivity contribution >= 4 is 36.8 Å². The molecule has 0 saturated carbocycles. The van der Waals surface area contributed by atoms with Gasteiger partial charge >= 0.3 is 5.97 Å². The highest BCUT2D eigenvalue weighted by Gasteiger charge is 2.31. The molecule has 0 saturated heterocycles. The Hall–Kier alpha value is -0.550. The lowest BCUT2D eigenvalue weighted by Gasteiger charge is -2.31. The fourth-order valence-electron chi connectivity index (χ4n) is 1.65. The van der Waals surface area contributed by atoms with E-state index in [1.165, 1.54) is 0 Å². The Labute approximate surface area is 143 Å². The third kappa shape index (κ3) is 5.92. The highest BCUT2D eigenvalue weighted by Crippen LogP contribution is 2.49. The minimum Gasteiger partial charge on any atom is -0.462 e. The molecule has 0 amide bonds.